The maximum atomic E-state index is 8.52. The van der Waals surface area contributed by atoms with Crippen LogP contribution >= 0.6 is 0 Å². The van der Waals surface area contributed by atoms with Crippen molar-refractivity contribution in [3.8, 4) is 0 Å². The molecule has 0 spiro atoms. The molecule has 0 saturated heterocycles. The van der Waals surface area contributed by atoms with Crippen LogP contribution in [0.4, 0.5) is 0 Å². The van der Waals surface area contributed by atoms with Gasteiger partial charge in [0, 0.05) is 65.1 Å². The van der Waals surface area contributed by atoms with Crippen molar-refractivity contribution in [1.82, 2.24) is 0 Å². The summed E-state index contributed by atoms with van der Waals surface area (Å²) in [7, 11) is -7.26. The van der Waals surface area contributed by atoms with Gasteiger partial charge in [0.05, 0.1) is 0 Å². The third kappa shape index (κ3) is 229. The van der Waals surface area contributed by atoms with Gasteiger partial charge in [0.25, 0.3) is 0 Å². The van der Waals surface area contributed by atoms with Gasteiger partial charge in [0.1, 0.15) is 0 Å². The molecule has 0 radical (unpaired) electrons. The van der Waals surface area contributed by atoms with E-state index in [2.05, 4.69) is 0 Å². The molecule has 0 aliphatic rings. The first-order chi connectivity index (χ1) is 3.46. The van der Waals surface area contributed by atoms with E-state index in [9.17, 15) is 0 Å². The van der Waals surface area contributed by atoms with Gasteiger partial charge in [-0.2, -0.15) is 0 Å². The van der Waals surface area contributed by atoms with Crippen molar-refractivity contribution < 1.29 is 102 Å². The molecule has 0 rings (SSSR count). The van der Waals surface area contributed by atoms with E-state index >= 15 is 0 Å². The Kier molecular flexibility index (Phi) is 122. The van der Waals surface area contributed by atoms with Gasteiger partial charge in [-0.1, -0.05) is 0 Å². The Labute approximate surface area is 178 Å². The maximum Gasteiger partial charge on any atom is 4.00 e. The van der Waals surface area contributed by atoms with Crippen LogP contribution in [-0.2, 0) is 77.4 Å². The van der Waals surface area contributed by atoms with E-state index < -0.39 is 18.3 Å². The number of hydrogen-bond acceptors (Lipinski definition) is 6. The van der Waals surface area contributed by atoms with Crippen molar-refractivity contribution in [1.29, 1.82) is 0 Å². The van der Waals surface area contributed by atoms with E-state index in [1.165, 1.54) is 0 Å². The van der Waals surface area contributed by atoms with Crippen molar-refractivity contribution in [2.75, 3.05) is 0 Å². The molecule has 0 bridgehead atoms. The molecule has 0 heterocycles. The molecule has 60 valence electrons. The summed E-state index contributed by atoms with van der Waals surface area (Å²) in [5.74, 6) is 0. The molecule has 0 atom stereocenters. The molecule has 0 N–H and O–H groups in total. The fourth-order valence-electron chi connectivity index (χ4n) is 0. The zero-order valence-corrected chi connectivity index (χ0v) is 21.0. The summed E-state index contributed by atoms with van der Waals surface area (Å²) in [6.45, 7) is 0. The summed E-state index contributed by atoms with van der Waals surface area (Å²) in [6, 6.07) is 0. The normalized spacial score (nSPS) is 3.69. The zero-order valence-electron chi connectivity index (χ0n) is 10.8. The minimum Gasteiger partial charge on any atom is -1.00 e. The summed E-state index contributed by atoms with van der Waals surface area (Å²) in [4.78, 5) is 34.1. The standard InChI is InChI=1S/Ca.Cd.Mg.2O3Si.Ti.Zn.4H/c;;;2*1-4(2)3;;;;;;/q+2;;+2;2*-2;+4;;4*-1. The molecule has 0 aromatic heterocycles. The first-order valence-corrected chi connectivity index (χ1v) is 3.67. The summed E-state index contributed by atoms with van der Waals surface area (Å²) in [5, 5.41) is 0. The summed E-state index contributed by atoms with van der Waals surface area (Å²) in [5.41, 5.74) is 0. The molecule has 0 aromatic rings. The second kappa shape index (κ2) is 36.1. The summed E-state index contributed by atoms with van der Waals surface area (Å²) < 4.78 is 17.0. The first kappa shape index (κ1) is 43.9. The van der Waals surface area contributed by atoms with Gasteiger partial charge >= 0.3 is 82.5 Å². The van der Waals surface area contributed by atoms with E-state index in [4.69, 9.17) is 28.1 Å². The van der Waals surface area contributed by atoms with Crippen LogP contribution in [0.3, 0.4) is 0 Å². The molecule has 0 aromatic carbocycles. The van der Waals surface area contributed by atoms with Crippen molar-refractivity contribution in [2.45, 2.75) is 0 Å². The van der Waals surface area contributed by atoms with Crippen LogP contribution in [0.15, 0.2) is 0 Å². The summed E-state index contributed by atoms with van der Waals surface area (Å²) in [6.07, 6.45) is 0. The average molecular weight is 446 g/mol. The predicted molar refractivity (Wildman–Crippen MR) is 28.8 cm³/mol. The van der Waals surface area contributed by atoms with Gasteiger partial charge in [-0.3, -0.25) is 0 Å². The van der Waals surface area contributed by atoms with Crippen LogP contribution in [-0.4, -0.2) is 79.1 Å². The quantitative estimate of drug-likeness (QED) is 0.341. The molecular weight excluding hydrogens is 442 g/mol. The average Bonchev–Trinajstić information content (AvgIpc) is 1.25. The van der Waals surface area contributed by atoms with Gasteiger partial charge in [-0.25, -0.2) is 0 Å². The van der Waals surface area contributed by atoms with E-state index in [-0.39, 0.29) is 135 Å². The fourth-order valence-corrected chi connectivity index (χ4v) is 0. The van der Waals surface area contributed by atoms with Crippen LogP contribution in [0.2, 0.25) is 0 Å². The molecule has 0 aliphatic heterocycles. The van der Waals surface area contributed by atoms with Gasteiger partial charge < -0.3 is 33.8 Å². The van der Waals surface area contributed by atoms with E-state index in [1.54, 1.807) is 0 Å². The summed E-state index contributed by atoms with van der Waals surface area (Å²) >= 11 is 0. The maximum absolute atomic E-state index is 8.52. The Hall–Kier alpha value is 3.52. The van der Waals surface area contributed by atoms with Crippen LogP contribution in [0.25, 0.3) is 0 Å². The van der Waals surface area contributed by atoms with Gasteiger partial charge in [-0.15, -0.1) is 0 Å². The molecule has 13 heteroatoms. The molecule has 0 amide bonds. The largest absolute Gasteiger partial charge is 4.00 e. The van der Waals surface area contributed by atoms with E-state index in [0.29, 0.717) is 0 Å². The Balaban J connectivity index is -0.00000000308. The van der Waals surface area contributed by atoms with Gasteiger partial charge in [0.15, 0.2) is 0 Å². The monoisotopic (exact) mass is 446 g/mol. The SMILES string of the molecule is O=[Si]([O-])[O-].O=[Si]([O-])[O-].[Ca+2].[Cd].[H-].[H-].[H-].[H-].[Mg+2].[Ti+4].[Zn]. The fraction of sp³-hybridized carbons (Fsp3) is 0. The van der Waals surface area contributed by atoms with Crippen molar-refractivity contribution in [2.24, 2.45) is 0 Å². The number of hydrogen-bond donors (Lipinski definition) is 0. The Morgan fingerprint density at radius 1 is 0.923 bits per heavy atom. The molecular formula is H4CaCdMgO6Si2TiZn. The van der Waals surface area contributed by atoms with Crippen LogP contribution in [0.5, 0.6) is 0 Å². The smallest absolute Gasteiger partial charge is 1.00 e. The third-order valence-electron chi connectivity index (χ3n) is 0. The molecule has 13 heavy (non-hydrogen) atoms. The Morgan fingerprint density at radius 2 is 0.923 bits per heavy atom. The van der Waals surface area contributed by atoms with Crippen LogP contribution < -0.4 is 19.2 Å². The molecule has 0 unspecified atom stereocenters. The molecule has 6 nitrogen and oxygen atoms in total. The van der Waals surface area contributed by atoms with Crippen LogP contribution in [0, 0.1) is 0 Å². The minimum absolute atomic E-state index is 0. The van der Waals surface area contributed by atoms with Gasteiger partial charge in [-0.05, 0) is 0 Å². The topological polar surface area (TPSA) is 126 Å². The van der Waals surface area contributed by atoms with Gasteiger partial charge in [0.2, 0.25) is 0 Å². The first-order valence-electron chi connectivity index (χ1n) is 1.22. The minimum atomic E-state index is -3.63. The second-order valence-corrected chi connectivity index (χ2v) is 1.50. The zero-order chi connectivity index (χ0) is 7.15. The van der Waals surface area contributed by atoms with E-state index in [0.717, 1.165) is 0 Å². The van der Waals surface area contributed by atoms with E-state index in [1.807, 2.05) is 0 Å². The Bertz CT molecular complexity index is 102. The molecule has 0 aliphatic carbocycles. The molecule has 0 fully saturated rings. The third-order valence-corrected chi connectivity index (χ3v) is 0. The Morgan fingerprint density at radius 3 is 0.923 bits per heavy atom. The second-order valence-electron chi connectivity index (χ2n) is 0.500. The predicted octanol–water partition coefficient (Wildman–Crippen LogP) is -6.07. The molecule has 0 saturated carbocycles. The van der Waals surface area contributed by atoms with Crippen molar-refractivity contribution >= 4 is 79.1 Å². The van der Waals surface area contributed by atoms with Crippen LogP contribution in [0.1, 0.15) is 5.71 Å². The van der Waals surface area contributed by atoms with Crippen molar-refractivity contribution in [3.05, 3.63) is 0 Å². The number of rotatable bonds is 0. The van der Waals surface area contributed by atoms with Crippen molar-refractivity contribution in [3.63, 3.8) is 0 Å².